The largest absolute Gasteiger partial charge is 0.309 e. The maximum Gasteiger partial charge on any atom is 0.164 e. The van der Waals surface area contributed by atoms with Crippen molar-refractivity contribution in [1.29, 1.82) is 0 Å². The topological polar surface area (TPSA) is 58.4 Å². The quantitative estimate of drug-likeness (QED) is 0.152. The predicted molar refractivity (Wildman–Crippen MR) is 339 cm³/mol. The molecule has 0 N–H and O–H groups in total. The molecule has 17 aromatic rings. The van der Waals surface area contributed by atoms with Gasteiger partial charge in [0, 0.05) is 82.5 Å². The fourth-order valence-corrected chi connectivity index (χ4v) is 12.9. The van der Waals surface area contributed by atoms with Gasteiger partial charge in [-0.05, 0) is 120 Å². The van der Waals surface area contributed by atoms with Crippen molar-refractivity contribution in [1.82, 2.24) is 33.2 Å². The van der Waals surface area contributed by atoms with Gasteiger partial charge >= 0.3 is 0 Å². The average molecular weight is 1050 g/mol. The zero-order valence-corrected chi connectivity index (χ0v) is 44.3. The summed E-state index contributed by atoms with van der Waals surface area (Å²) in [6.45, 7) is 0. The minimum absolute atomic E-state index is 0.619. The highest BCUT2D eigenvalue weighted by Gasteiger charge is 2.22. The SMILES string of the molecule is c1ccc(-c2ccc3c4cc(-n5c6ccc(-n7c8ccccc8c8ccccc87)cc6c6cc(-n7c8ccccc8c8ccccc87)ccc65)ccc4n(-c4ccc(-c5nc(-c6ccccc6)nc(-c6ccccc6)n5)cc4)c3c2)cc1. The van der Waals surface area contributed by atoms with Crippen molar-refractivity contribution in [2.24, 2.45) is 0 Å². The Morgan fingerprint density at radius 3 is 0.854 bits per heavy atom. The van der Waals surface area contributed by atoms with Gasteiger partial charge in [-0.15, -0.1) is 0 Å². The molecule has 0 saturated carbocycles. The highest BCUT2D eigenvalue weighted by Crippen LogP contribution is 2.42. The van der Waals surface area contributed by atoms with Crippen molar-refractivity contribution in [2.45, 2.75) is 0 Å². The molecule has 0 aliphatic heterocycles. The Labute approximate surface area is 471 Å². The highest BCUT2D eigenvalue weighted by molar-refractivity contribution is 6.15. The van der Waals surface area contributed by atoms with Gasteiger partial charge in [0.05, 0.1) is 44.1 Å². The summed E-state index contributed by atoms with van der Waals surface area (Å²) < 4.78 is 9.73. The van der Waals surface area contributed by atoms with Crippen LogP contribution >= 0.6 is 0 Å². The molecule has 0 atom stereocenters. The van der Waals surface area contributed by atoms with Crippen molar-refractivity contribution in [2.75, 3.05) is 0 Å². The monoisotopic (exact) mass is 1050 g/mol. The third-order valence-electron chi connectivity index (χ3n) is 16.6. The maximum atomic E-state index is 5.06. The molecule has 0 radical (unpaired) electrons. The van der Waals surface area contributed by atoms with Gasteiger partial charge in [0.2, 0.25) is 0 Å². The van der Waals surface area contributed by atoms with E-state index in [9.17, 15) is 0 Å². The van der Waals surface area contributed by atoms with Crippen LogP contribution in [0.3, 0.4) is 0 Å². The Hall–Kier alpha value is -11.2. The van der Waals surface area contributed by atoms with Crippen molar-refractivity contribution in [3.05, 3.63) is 285 Å². The molecule has 7 heteroatoms. The van der Waals surface area contributed by atoms with Crippen LogP contribution in [0.5, 0.6) is 0 Å². The molecule has 0 bridgehead atoms. The molecule has 382 valence electrons. The van der Waals surface area contributed by atoms with E-state index in [4.69, 9.17) is 15.0 Å². The van der Waals surface area contributed by atoms with Crippen molar-refractivity contribution in [3.8, 4) is 68.0 Å². The first-order chi connectivity index (χ1) is 40.7. The molecular formula is C75H47N7. The van der Waals surface area contributed by atoms with Crippen molar-refractivity contribution < 1.29 is 0 Å². The van der Waals surface area contributed by atoms with Crippen LogP contribution in [0.15, 0.2) is 285 Å². The highest BCUT2D eigenvalue weighted by atomic mass is 15.0. The predicted octanol–water partition coefficient (Wildman–Crippen LogP) is 18.9. The molecule has 0 unspecified atom stereocenters. The van der Waals surface area contributed by atoms with Crippen LogP contribution in [0.1, 0.15) is 0 Å². The van der Waals surface area contributed by atoms with Crippen LogP contribution in [0.25, 0.3) is 155 Å². The number of hydrogen-bond donors (Lipinski definition) is 0. The Balaban J connectivity index is 0.867. The Kier molecular flexibility index (Phi) is 10.2. The number of para-hydroxylation sites is 4. The summed E-state index contributed by atoms with van der Waals surface area (Å²) in [5.41, 5.74) is 18.7. The Morgan fingerprint density at radius 1 is 0.171 bits per heavy atom. The van der Waals surface area contributed by atoms with Gasteiger partial charge in [0.25, 0.3) is 0 Å². The van der Waals surface area contributed by atoms with Gasteiger partial charge < -0.3 is 18.3 Å². The third-order valence-corrected chi connectivity index (χ3v) is 16.6. The van der Waals surface area contributed by atoms with Gasteiger partial charge in [0.1, 0.15) is 0 Å². The molecule has 82 heavy (non-hydrogen) atoms. The second-order valence-corrected chi connectivity index (χ2v) is 21.2. The molecule has 0 aliphatic rings. The van der Waals surface area contributed by atoms with Crippen LogP contribution in [-0.2, 0) is 0 Å². The van der Waals surface area contributed by atoms with Crippen LogP contribution < -0.4 is 0 Å². The molecule has 0 aliphatic carbocycles. The second kappa shape index (κ2) is 18.2. The lowest BCUT2D eigenvalue weighted by Gasteiger charge is -2.12. The van der Waals surface area contributed by atoms with E-state index < -0.39 is 0 Å². The lowest BCUT2D eigenvalue weighted by Crippen LogP contribution is -2.00. The van der Waals surface area contributed by atoms with E-state index in [2.05, 4.69) is 243 Å². The van der Waals surface area contributed by atoms with Crippen molar-refractivity contribution in [3.63, 3.8) is 0 Å². The summed E-state index contributed by atoms with van der Waals surface area (Å²) >= 11 is 0. The Bertz CT molecular complexity index is 5040. The number of hydrogen-bond acceptors (Lipinski definition) is 3. The van der Waals surface area contributed by atoms with E-state index in [-0.39, 0.29) is 0 Å². The number of fused-ring (bicyclic) bond motifs is 12. The molecule has 5 aromatic heterocycles. The van der Waals surface area contributed by atoms with Crippen molar-refractivity contribution >= 4 is 87.2 Å². The summed E-state index contributed by atoms with van der Waals surface area (Å²) in [5, 5.41) is 9.65. The number of nitrogens with zero attached hydrogens (tertiary/aromatic N) is 7. The summed E-state index contributed by atoms with van der Waals surface area (Å²) in [7, 11) is 0. The standard InChI is InChI=1S/C75H47N7/c1-4-18-48(19-5-1)52-34-40-61-62-45-54(37-41-69(62)79(72(61)44-52)53-35-32-51(33-36-53)75-77-73(49-20-6-2-7-21-49)76-74(78-75)50-22-8-3-9-23-50)82-70-42-38-55(80-65-28-14-10-24-57(65)58-25-11-15-29-66(58)80)46-63(70)64-47-56(39-43-71(64)82)81-67-30-16-12-26-59(67)60-27-13-17-31-68(60)81/h1-47H. The molecular weight excluding hydrogens is 999 g/mol. The number of aromatic nitrogens is 7. The zero-order valence-electron chi connectivity index (χ0n) is 44.3. The average Bonchev–Trinajstić information content (AvgIpc) is 3.01. The zero-order chi connectivity index (χ0) is 53.8. The van der Waals surface area contributed by atoms with E-state index in [0.29, 0.717) is 17.5 Å². The molecule has 0 spiro atoms. The maximum absolute atomic E-state index is 5.06. The van der Waals surface area contributed by atoms with Gasteiger partial charge in [-0.1, -0.05) is 176 Å². The third kappa shape index (κ3) is 7.13. The van der Waals surface area contributed by atoms with E-state index >= 15 is 0 Å². The fraction of sp³-hybridized carbons (Fsp3) is 0. The lowest BCUT2D eigenvalue weighted by molar-refractivity contribution is 1.07. The lowest BCUT2D eigenvalue weighted by atomic mass is 10.0. The van der Waals surface area contributed by atoms with E-state index in [1.54, 1.807) is 0 Å². The first-order valence-corrected chi connectivity index (χ1v) is 27.8. The molecule has 5 heterocycles. The Morgan fingerprint density at radius 2 is 0.451 bits per heavy atom. The minimum Gasteiger partial charge on any atom is -0.309 e. The van der Waals surface area contributed by atoms with E-state index in [1.807, 2.05) is 60.7 Å². The first-order valence-electron chi connectivity index (χ1n) is 27.8. The number of rotatable bonds is 8. The molecule has 0 amide bonds. The molecule has 0 saturated heterocycles. The van der Waals surface area contributed by atoms with Crippen LogP contribution in [-0.4, -0.2) is 33.2 Å². The molecule has 17 rings (SSSR count). The summed E-state index contributed by atoms with van der Waals surface area (Å²) in [5.74, 6) is 1.89. The fourth-order valence-electron chi connectivity index (χ4n) is 12.9. The molecule has 7 nitrogen and oxygen atoms in total. The summed E-state index contributed by atoms with van der Waals surface area (Å²) in [6, 6.07) is 103. The van der Waals surface area contributed by atoms with Crippen LogP contribution in [0, 0.1) is 0 Å². The van der Waals surface area contributed by atoms with E-state index in [1.165, 1.54) is 65.3 Å². The summed E-state index contributed by atoms with van der Waals surface area (Å²) in [4.78, 5) is 15.1. The minimum atomic E-state index is 0.619. The van der Waals surface area contributed by atoms with Gasteiger partial charge in [-0.3, -0.25) is 0 Å². The van der Waals surface area contributed by atoms with Gasteiger partial charge in [0.15, 0.2) is 17.5 Å². The molecule has 12 aromatic carbocycles. The summed E-state index contributed by atoms with van der Waals surface area (Å²) in [6.07, 6.45) is 0. The normalized spacial score (nSPS) is 11.9. The van der Waals surface area contributed by atoms with Crippen LogP contribution in [0.2, 0.25) is 0 Å². The van der Waals surface area contributed by atoms with Gasteiger partial charge in [-0.2, -0.15) is 0 Å². The second-order valence-electron chi connectivity index (χ2n) is 21.2. The molecule has 0 fully saturated rings. The van der Waals surface area contributed by atoms with E-state index in [0.717, 1.165) is 72.5 Å². The van der Waals surface area contributed by atoms with Gasteiger partial charge in [-0.25, -0.2) is 15.0 Å². The van der Waals surface area contributed by atoms with Crippen LogP contribution in [0.4, 0.5) is 0 Å². The number of benzene rings is 12. The smallest absolute Gasteiger partial charge is 0.164 e. The first kappa shape index (κ1) is 45.8.